The summed E-state index contributed by atoms with van der Waals surface area (Å²) < 4.78 is 11.2. The van der Waals surface area contributed by atoms with Gasteiger partial charge in [0.05, 0.1) is 18.8 Å². The predicted octanol–water partition coefficient (Wildman–Crippen LogP) is 13.1. The van der Waals surface area contributed by atoms with Crippen LogP contribution >= 0.6 is 0 Å². The fraction of sp³-hybridized carbons (Fsp3) is 0.929. The maximum Gasteiger partial charge on any atom is 0.220 e. The van der Waals surface area contributed by atoms with Crippen molar-refractivity contribution < 1.29 is 14.3 Å². The van der Waals surface area contributed by atoms with Crippen LogP contribution in [0.3, 0.4) is 0 Å². The van der Waals surface area contributed by atoms with Crippen molar-refractivity contribution in [3.05, 3.63) is 12.2 Å². The lowest BCUT2D eigenvalue weighted by molar-refractivity contribution is -0.123. The summed E-state index contributed by atoms with van der Waals surface area (Å²) in [6.45, 7) is 7.40. The molecule has 0 saturated heterocycles. The number of hydrogen-bond donors (Lipinski definition) is 1. The third-order valence-corrected chi connectivity index (χ3v) is 9.60. The van der Waals surface area contributed by atoms with Crippen molar-refractivity contribution in [3.63, 3.8) is 0 Å². The van der Waals surface area contributed by atoms with Gasteiger partial charge in [-0.25, -0.2) is 0 Å². The molecule has 4 heteroatoms. The van der Waals surface area contributed by atoms with Gasteiger partial charge in [0.15, 0.2) is 0 Å². The van der Waals surface area contributed by atoms with Crippen molar-refractivity contribution in [2.75, 3.05) is 20.8 Å². The van der Waals surface area contributed by atoms with E-state index in [1.807, 2.05) is 0 Å². The van der Waals surface area contributed by atoms with Crippen LogP contribution in [0, 0.1) is 5.92 Å². The van der Waals surface area contributed by atoms with E-state index in [-0.39, 0.29) is 18.1 Å². The summed E-state index contributed by atoms with van der Waals surface area (Å²) in [6.07, 6.45) is 44.0. The maximum absolute atomic E-state index is 12.7. The normalized spacial score (nSPS) is 13.2. The Hall–Kier alpha value is -0.870. The molecular formula is C42H83NO3. The van der Waals surface area contributed by atoms with Gasteiger partial charge < -0.3 is 14.8 Å². The highest BCUT2D eigenvalue weighted by molar-refractivity contribution is 5.76. The van der Waals surface area contributed by atoms with Gasteiger partial charge in [0.25, 0.3) is 0 Å². The van der Waals surface area contributed by atoms with E-state index < -0.39 is 0 Å². The molecule has 4 nitrogen and oxygen atoms in total. The molecule has 1 N–H and O–H groups in total. The molecule has 0 radical (unpaired) electrons. The molecule has 0 aliphatic carbocycles. The zero-order chi connectivity index (χ0) is 33.8. The van der Waals surface area contributed by atoms with Crippen LogP contribution in [0.5, 0.6) is 0 Å². The molecule has 0 aromatic carbocycles. The first-order valence-electron chi connectivity index (χ1n) is 20.5. The molecule has 0 spiro atoms. The van der Waals surface area contributed by atoms with Crippen molar-refractivity contribution in [2.24, 2.45) is 5.92 Å². The summed E-state index contributed by atoms with van der Waals surface area (Å²) in [5.41, 5.74) is 0. The van der Waals surface area contributed by atoms with E-state index >= 15 is 0 Å². The Bertz CT molecular complexity index is 634. The third kappa shape index (κ3) is 33.0. The van der Waals surface area contributed by atoms with E-state index in [2.05, 4.69) is 38.2 Å². The SMILES string of the molecule is CCCCCCCCCCCCCCCCCCCCCC(=O)N[C@@H](COC)[C@@H](/C=C/CCCCCCCCCCC(C)C)OC. The first kappa shape index (κ1) is 45.1. The summed E-state index contributed by atoms with van der Waals surface area (Å²) in [5.74, 6) is 0.966. The number of carbonyl (C=O) groups is 1. The summed E-state index contributed by atoms with van der Waals surface area (Å²) in [6, 6.07) is -0.144. The van der Waals surface area contributed by atoms with Gasteiger partial charge in [-0.3, -0.25) is 4.79 Å². The number of allylic oxidation sites excluding steroid dienone is 1. The van der Waals surface area contributed by atoms with Gasteiger partial charge in [0.1, 0.15) is 0 Å². The summed E-state index contributed by atoms with van der Waals surface area (Å²) in [4.78, 5) is 12.7. The molecule has 0 bridgehead atoms. The maximum atomic E-state index is 12.7. The quantitative estimate of drug-likeness (QED) is 0.0538. The Balaban J connectivity index is 3.76. The van der Waals surface area contributed by atoms with Crippen molar-refractivity contribution in [3.8, 4) is 0 Å². The molecule has 274 valence electrons. The van der Waals surface area contributed by atoms with Gasteiger partial charge in [-0.05, 0) is 25.2 Å². The number of nitrogens with one attached hydrogen (secondary N) is 1. The number of methoxy groups -OCH3 is 2. The van der Waals surface area contributed by atoms with Gasteiger partial charge in [-0.1, -0.05) is 200 Å². The molecule has 46 heavy (non-hydrogen) atoms. The van der Waals surface area contributed by atoms with Gasteiger partial charge in [0.2, 0.25) is 5.91 Å². The Kier molecular flexibility index (Phi) is 36.3. The van der Waals surface area contributed by atoms with E-state index in [0.717, 1.165) is 25.2 Å². The summed E-state index contributed by atoms with van der Waals surface area (Å²) in [5, 5.41) is 3.18. The number of amides is 1. The average Bonchev–Trinajstić information content (AvgIpc) is 3.04. The number of rotatable bonds is 37. The fourth-order valence-corrected chi connectivity index (χ4v) is 6.52. The van der Waals surface area contributed by atoms with Crippen LogP contribution in [0.2, 0.25) is 0 Å². The third-order valence-electron chi connectivity index (χ3n) is 9.60. The zero-order valence-electron chi connectivity index (χ0n) is 32.0. The molecule has 0 aromatic heterocycles. The first-order chi connectivity index (χ1) is 22.5. The van der Waals surface area contributed by atoms with Crippen LogP contribution in [-0.2, 0) is 14.3 Å². The Morgan fingerprint density at radius 2 is 1.00 bits per heavy atom. The monoisotopic (exact) mass is 650 g/mol. The lowest BCUT2D eigenvalue weighted by Crippen LogP contribution is -2.46. The van der Waals surface area contributed by atoms with Crippen molar-refractivity contribution in [2.45, 2.75) is 226 Å². The van der Waals surface area contributed by atoms with E-state index in [0.29, 0.717) is 13.0 Å². The Morgan fingerprint density at radius 3 is 1.41 bits per heavy atom. The average molecular weight is 650 g/mol. The second kappa shape index (κ2) is 37.0. The molecule has 0 aromatic rings. The van der Waals surface area contributed by atoms with E-state index in [4.69, 9.17) is 9.47 Å². The molecule has 1 amide bonds. The molecule has 0 rings (SSSR count). The second-order valence-electron chi connectivity index (χ2n) is 14.7. The largest absolute Gasteiger partial charge is 0.382 e. The van der Waals surface area contributed by atoms with Gasteiger partial charge in [0, 0.05) is 20.6 Å². The minimum absolute atomic E-state index is 0.119. The molecule has 0 saturated carbocycles. The number of carbonyl (C=O) groups excluding carboxylic acids is 1. The molecule has 0 aliphatic heterocycles. The topological polar surface area (TPSA) is 47.6 Å². The number of ether oxygens (including phenoxy) is 2. The van der Waals surface area contributed by atoms with Crippen LogP contribution < -0.4 is 5.32 Å². The first-order valence-corrected chi connectivity index (χ1v) is 20.5. The van der Waals surface area contributed by atoms with Crippen LogP contribution in [-0.4, -0.2) is 38.9 Å². The molecular weight excluding hydrogens is 566 g/mol. The molecule has 0 aliphatic rings. The molecule has 0 fully saturated rings. The van der Waals surface area contributed by atoms with E-state index in [1.165, 1.54) is 167 Å². The second-order valence-corrected chi connectivity index (χ2v) is 14.7. The Morgan fingerprint density at radius 1 is 0.587 bits per heavy atom. The van der Waals surface area contributed by atoms with Gasteiger partial charge >= 0.3 is 0 Å². The van der Waals surface area contributed by atoms with E-state index in [9.17, 15) is 4.79 Å². The highest BCUT2D eigenvalue weighted by Gasteiger charge is 2.20. The highest BCUT2D eigenvalue weighted by atomic mass is 16.5. The molecule has 0 unspecified atom stereocenters. The lowest BCUT2D eigenvalue weighted by Gasteiger charge is -2.24. The summed E-state index contributed by atoms with van der Waals surface area (Å²) >= 11 is 0. The minimum Gasteiger partial charge on any atom is -0.382 e. The van der Waals surface area contributed by atoms with Crippen molar-refractivity contribution in [1.29, 1.82) is 0 Å². The van der Waals surface area contributed by atoms with Crippen molar-refractivity contribution >= 4 is 5.91 Å². The predicted molar refractivity (Wildman–Crippen MR) is 203 cm³/mol. The number of hydrogen-bond acceptors (Lipinski definition) is 3. The molecule has 0 heterocycles. The van der Waals surface area contributed by atoms with Gasteiger partial charge in [-0.15, -0.1) is 0 Å². The fourth-order valence-electron chi connectivity index (χ4n) is 6.52. The van der Waals surface area contributed by atoms with Gasteiger partial charge in [-0.2, -0.15) is 0 Å². The zero-order valence-corrected chi connectivity index (χ0v) is 32.0. The number of unbranched alkanes of at least 4 members (excludes halogenated alkanes) is 26. The molecule has 2 atom stereocenters. The van der Waals surface area contributed by atoms with Crippen LogP contribution in [0.25, 0.3) is 0 Å². The minimum atomic E-state index is -0.153. The van der Waals surface area contributed by atoms with Crippen molar-refractivity contribution in [1.82, 2.24) is 5.32 Å². The highest BCUT2D eigenvalue weighted by Crippen LogP contribution is 2.16. The van der Waals surface area contributed by atoms with E-state index in [1.54, 1.807) is 14.2 Å². The van der Waals surface area contributed by atoms with Crippen LogP contribution in [0.1, 0.15) is 213 Å². The Labute approximate surface area is 289 Å². The lowest BCUT2D eigenvalue weighted by atomic mass is 10.0. The van der Waals surface area contributed by atoms with Crippen LogP contribution in [0.4, 0.5) is 0 Å². The smallest absolute Gasteiger partial charge is 0.220 e. The standard InChI is InChI=1S/C42H83NO3/c1-6-7-8-9-10-11-12-13-14-15-16-17-18-19-20-25-28-31-34-37-42(44)43-40(38-45-4)41(46-5)36-33-30-27-24-22-21-23-26-29-32-35-39(2)3/h33,36,39-41H,6-32,34-35,37-38H2,1-5H3,(H,43,44)/b36-33+/t40-,41+/m0/s1. The summed E-state index contributed by atoms with van der Waals surface area (Å²) in [7, 11) is 3.42. The van der Waals surface area contributed by atoms with Crippen LogP contribution in [0.15, 0.2) is 12.2 Å².